The van der Waals surface area contributed by atoms with Crippen molar-refractivity contribution in [1.82, 2.24) is 0 Å². The van der Waals surface area contributed by atoms with Gasteiger partial charge in [-0.15, -0.1) is 12.4 Å². The molecular formula is C18H19Cl3N4O4. The summed E-state index contributed by atoms with van der Waals surface area (Å²) < 4.78 is 9.95. The summed E-state index contributed by atoms with van der Waals surface area (Å²) in [6.07, 6.45) is 0. The highest BCUT2D eigenvalue weighted by Gasteiger charge is 2.30. The van der Waals surface area contributed by atoms with Crippen molar-refractivity contribution in [2.75, 3.05) is 19.5 Å². The maximum Gasteiger partial charge on any atom is 0.333 e. The number of amides is 1. The van der Waals surface area contributed by atoms with Crippen molar-refractivity contribution in [2.24, 2.45) is 11.5 Å². The first-order valence-electron chi connectivity index (χ1n) is 7.85. The monoisotopic (exact) mass is 460 g/mol. The van der Waals surface area contributed by atoms with E-state index in [1.807, 2.05) is 0 Å². The molecule has 11 heteroatoms. The lowest BCUT2D eigenvalue weighted by Gasteiger charge is -2.22. The molecule has 2 aromatic rings. The van der Waals surface area contributed by atoms with E-state index in [4.69, 9.17) is 49.6 Å². The number of methoxy groups -OCH3 is 2. The van der Waals surface area contributed by atoms with Crippen molar-refractivity contribution in [2.45, 2.75) is 6.04 Å². The molecule has 0 aliphatic carbocycles. The minimum absolute atomic E-state index is 0. The SMILES string of the molecule is COC(=O)C(Nc1ccc(C(=N)N)cc1)c1cc(Cl)c(OC)c(Cl)c1C(N)=O.Cl. The second-order valence-corrected chi connectivity index (χ2v) is 6.41. The largest absolute Gasteiger partial charge is 0.494 e. The first-order chi connectivity index (χ1) is 13.2. The number of nitrogens with two attached hydrogens (primary N) is 2. The van der Waals surface area contributed by atoms with Gasteiger partial charge in [0.2, 0.25) is 0 Å². The van der Waals surface area contributed by atoms with E-state index < -0.39 is 17.9 Å². The highest BCUT2D eigenvalue weighted by atomic mass is 35.5. The van der Waals surface area contributed by atoms with Crippen LogP contribution in [0.1, 0.15) is 27.5 Å². The zero-order valence-corrected chi connectivity index (χ0v) is 17.7. The van der Waals surface area contributed by atoms with Crippen LogP contribution < -0.4 is 21.5 Å². The van der Waals surface area contributed by atoms with Crippen LogP contribution >= 0.6 is 35.6 Å². The van der Waals surface area contributed by atoms with Crippen LogP contribution in [-0.2, 0) is 9.53 Å². The normalized spacial score (nSPS) is 11.0. The summed E-state index contributed by atoms with van der Waals surface area (Å²) >= 11 is 12.4. The lowest BCUT2D eigenvalue weighted by Crippen LogP contribution is -2.26. The molecule has 0 fully saturated rings. The quantitative estimate of drug-likeness (QED) is 0.284. The molecule has 0 spiro atoms. The van der Waals surface area contributed by atoms with Crippen LogP contribution in [0.3, 0.4) is 0 Å². The summed E-state index contributed by atoms with van der Waals surface area (Å²) in [5.74, 6) is -1.59. The number of ether oxygens (including phenoxy) is 2. The van der Waals surface area contributed by atoms with Crippen LogP contribution in [0.15, 0.2) is 30.3 Å². The van der Waals surface area contributed by atoms with E-state index in [9.17, 15) is 9.59 Å². The van der Waals surface area contributed by atoms with Crippen LogP contribution in [0.25, 0.3) is 0 Å². The standard InChI is InChI=1S/C18H18Cl2N4O4.ClH/c1-27-15-11(19)7-10(12(13(15)20)17(23)25)14(18(26)28-2)24-9-5-3-8(4-6-9)16(21)22;/h3-7,14,24H,1-2H3,(H3,21,22)(H2,23,25);1H. The average Bonchev–Trinajstić information content (AvgIpc) is 2.65. The van der Waals surface area contributed by atoms with E-state index in [0.29, 0.717) is 11.3 Å². The van der Waals surface area contributed by atoms with Crippen molar-refractivity contribution >= 4 is 59.0 Å². The van der Waals surface area contributed by atoms with Gasteiger partial charge in [-0.05, 0) is 30.3 Å². The number of carbonyl (C=O) groups is 2. The van der Waals surface area contributed by atoms with Gasteiger partial charge >= 0.3 is 5.97 Å². The number of nitrogen functional groups attached to an aromatic ring is 1. The Morgan fingerprint density at radius 1 is 1.14 bits per heavy atom. The Hall–Kier alpha value is -2.68. The van der Waals surface area contributed by atoms with Gasteiger partial charge in [-0.25, -0.2) is 4.79 Å². The molecule has 0 aliphatic heterocycles. The van der Waals surface area contributed by atoms with Crippen molar-refractivity contribution in [3.8, 4) is 5.75 Å². The molecule has 1 unspecified atom stereocenters. The molecule has 29 heavy (non-hydrogen) atoms. The summed E-state index contributed by atoms with van der Waals surface area (Å²) in [7, 11) is 2.54. The number of halogens is 3. The predicted molar refractivity (Wildman–Crippen MR) is 115 cm³/mol. The van der Waals surface area contributed by atoms with E-state index in [2.05, 4.69) is 5.32 Å². The molecule has 0 radical (unpaired) electrons. The first kappa shape index (κ1) is 24.4. The summed E-state index contributed by atoms with van der Waals surface area (Å²) in [5, 5.41) is 10.4. The fourth-order valence-corrected chi connectivity index (χ4v) is 3.30. The third-order valence-corrected chi connectivity index (χ3v) is 4.55. The Labute approximate surface area is 183 Å². The Morgan fingerprint density at radius 2 is 1.72 bits per heavy atom. The number of nitrogens with one attached hydrogen (secondary N) is 2. The van der Waals surface area contributed by atoms with Crippen molar-refractivity contribution < 1.29 is 19.1 Å². The van der Waals surface area contributed by atoms with E-state index in [1.165, 1.54) is 20.3 Å². The van der Waals surface area contributed by atoms with Gasteiger partial charge in [0.25, 0.3) is 5.91 Å². The molecule has 8 nitrogen and oxygen atoms in total. The summed E-state index contributed by atoms with van der Waals surface area (Å²) in [5.41, 5.74) is 11.9. The molecule has 0 heterocycles. The molecule has 0 aromatic heterocycles. The molecular weight excluding hydrogens is 443 g/mol. The topological polar surface area (TPSA) is 141 Å². The molecule has 2 aromatic carbocycles. The second-order valence-electron chi connectivity index (χ2n) is 5.63. The zero-order chi connectivity index (χ0) is 21.0. The van der Waals surface area contributed by atoms with Gasteiger partial charge in [0.05, 0.1) is 29.8 Å². The summed E-state index contributed by atoms with van der Waals surface area (Å²) in [6.45, 7) is 0. The van der Waals surface area contributed by atoms with Crippen LogP contribution in [0, 0.1) is 5.41 Å². The number of rotatable bonds is 7. The summed E-state index contributed by atoms with van der Waals surface area (Å²) in [4.78, 5) is 24.5. The van der Waals surface area contributed by atoms with Gasteiger partial charge in [-0.1, -0.05) is 23.2 Å². The molecule has 0 saturated heterocycles. The van der Waals surface area contributed by atoms with E-state index in [0.717, 1.165) is 0 Å². The Balaban J connectivity index is 0.00000420. The fraction of sp³-hybridized carbons (Fsp3) is 0.167. The number of esters is 1. The zero-order valence-electron chi connectivity index (χ0n) is 15.4. The van der Waals surface area contributed by atoms with Gasteiger partial charge in [0.1, 0.15) is 5.84 Å². The molecule has 2 rings (SSSR count). The lowest BCUT2D eigenvalue weighted by atomic mass is 9.98. The minimum atomic E-state index is -1.14. The van der Waals surface area contributed by atoms with Crippen molar-refractivity contribution in [1.29, 1.82) is 5.41 Å². The Bertz CT molecular complexity index is 936. The number of benzene rings is 2. The van der Waals surface area contributed by atoms with Crippen LogP contribution in [0.4, 0.5) is 5.69 Å². The number of primary amides is 1. The maximum absolute atomic E-state index is 12.4. The van der Waals surface area contributed by atoms with Gasteiger partial charge in [-0.2, -0.15) is 0 Å². The van der Waals surface area contributed by atoms with Gasteiger partial charge in [0.15, 0.2) is 11.8 Å². The predicted octanol–water partition coefficient (Wildman–Crippen LogP) is 3.13. The fourth-order valence-electron chi connectivity index (χ4n) is 2.58. The number of hydrogen-bond acceptors (Lipinski definition) is 6. The van der Waals surface area contributed by atoms with E-state index >= 15 is 0 Å². The summed E-state index contributed by atoms with van der Waals surface area (Å²) in [6, 6.07) is 6.65. The Kier molecular flexibility index (Phi) is 8.57. The Morgan fingerprint density at radius 3 is 2.17 bits per heavy atom. The molecule has 0 saturated carbocycles. The smallest absolute Gasteiger partial charge is 0.333 e. The number of carbonyl (C=O) groups excluding carboxylic acids is 2. The molecule has 1 amide bonds. The van der Waals surface area contributed by atoms with Crippen LogP contribution in [0.5, 0.6) is 5.75 Å². The molecule has 6 N–H and O–H groups in total. The number of amidine groups is 1. The minimum Gasteiger partial charge on any atom is -0.494 e. The highest BCUT2D eigenvalue weighted by molar-refractivity contribution is 6.39. The van der Waals surface area contributed by atoms with Crippen LogP contribution in [0.2, 0.25) is 10.0 Å². The molecule has 156 valence electrons. The third kappa shape index (κ3) is 5.23. The van der Waals surface area contributed by atoms with E-state index in [1.54, 1.807) is 24.3 Å². The van der Waals surface area contributed by atoms with Crippen molar-refractivity contribution in [3.63, 3.8) is 0 Å². The van der Waals surface area contributed by atoms with Gasteiger partial charge in [-0.3, -0.25) is 10.2 Å². The number of hydrogen-bond donors (Lipinski definition) is 4. The highest BCUT2D eigenvalue weighted by Crippen LogP contribution is 2.40. The molecule has 0 bridgehead atoms. The third-order valence-electron chi connectivity index (χ3n) is 3.91. The van der Waals surface area contributed by atoms with Crippen molar-refractivity contribution in [3.05, 3.63) is 57.1 Å². The maximum atomic E-state index is 12.4. The van der Waals surface area contributed by atoms with Gasteiger partial charge in [0, 0.05) is 16.8 Å². The molecule has 1 atom stereocenters. The van der Waals surface area contributed by atoms with Gasteiger partial charge < -0.3 is 26.3 Å². The number of anilines is 1. The van der Waals surface area contributed by atoms with E-state index in [-0.39, 0.29) is 45.2 Å². The second kappa shape index (κ2) is 10.2. The first-order valence-corrected chi connectivity index (χ1v) is 8.61. The van der Waals surface area contributed by atoms with Crippen LogP contribution in [-0.4, -0.2) is 31.9 Å². The molecule has 0 aliphatic rings. The average molecular weight is 462 g/mol. The lowest BCUT2D eigenvalue weighted by molar-refractivity contribution is -0.141.